The van der Waals surface area contributed by atoms with Gasteiger partial charge in [-0.1, -0.05) is 0 Å². The molecule has 160 valence electrons. The lowest BCUT2D eigenvalue weighted by atomic mass is 9.98. The molecule has 1 fully saturated rings. The zero-order valence-electron chi connectivity index (χ0n) is 17.0. The first kappa shape index (κ1) is 20.5. The van der Waals surface area contributed by atoms with E-state index in [-0.39, 0.29) is 22.5 Å². The SMILES string of the molecule is CC(C)n1cnc(S(=O)(=O)N2CCC(Cn3nc(-n4cccn4)ccc3=O)CC2)c1. The number of aromatic nitrogens is 6. The molecule has 3 aromatic heterocycles. The Kier molecular flexibility index (Phi) is 5.56. The fraction of sp³-hybridized carbons (Fsp3) is 0.474. The third-order valence-corrected chi connectivity index (χ3v) is 7.16. The van der Waals surface area contributed by atoms with Crippen molar-refractivity contribution in [2.24, 2.45) is 5.92 Å². The van der Waals surface area contributed by atoms with E-state index in [1.165, 1.54) is 15.1 Å². The summed E-state index contributed by atoms with van der Waals surface area (Å²) in [4.78, 5) is 16.3. The van der Waals surface area contributed by atoms with E-state index in [9.17, 15) is 13.2 Å². The highest BCUT2D eigenvalue weighted by Gasteiger charge is 2.31. The van der Waals surface area contributed by atoms with Crippen molar-refractivity contribution in [2.45, 2.75) is 44.3 Å². The topological polar surface area (TPSA) is 108 Å². The molecule has 0 radical (unpaired) electrons. The Hall–Kier alpha value is -2.79. The molecule has 0 spiro atoms. The molecule has 3 aromatic rings. The zero-order chi connectivity index (χ0) is 21.3. The number of nitrogens with zero attached hydrogens (tertiary/aromatic N) is 7. The third kappa shape index (κ3) is 4.08. The number of hydrogen-bond acceptors (Lipinski definition) is 6. The number of imidazole rings is 1. The van der Waals surface area contributed by atoms with Crippen molar-refractivity contribution < 1.29 is 8.42 Å². The van der Waals surface area contributed by atoms with Crippen LogP contribution in [0, 0.1) is 5.92 Å². The van der Waals surface area contributed by atoms with Crippen LogP contribution in [0.1, 0.15) is 32.7 Å². The van der Waals surface area contributed by atoms with Crippen molar-refractivity contribution in [3.63, 3.8) is 0 Å². The van der Waals surface area contributed by atoms with Gasteiger partial charge in [0.05, 0.1) is 6.33 Å². The number of sulfonamides is 1. The summed E-state index contributed by atoms with van der Waals surface area (Å²) in [5.41, 5.74) is -0.180. The summed E-state index contributed by atoms with van der Waals surface area (Å²) >= 11 is 0. The van der Waals surface area contributed by atoms with E-state index in [1.54, 1.807) is 46.3 Å². The molecule has 0 N–H and O–H groups in total. The minimum Gasteiger partial charge on any atom is -0.334 e. The Morgan fingerprint density at radius 1 is 1.20 bits per heavy atom. The van der Waals surface area contributed by atoms with Gasteiger partial charge in [0.25, 0.3) is 15.6 Å². The molecule has 0 saturated carbocycles. The molecule has 0 aromatic carbocycles. The van der Waals surface area contributed by atoms with Gasteiger partial charge in [-0.25, -0.2) is 22.8 Å². The van der Waals surface area contributed by atoms with Gasteiger partial charge >= 0.3 is 0 Å². The maximum Gasteiger partial charge on any atom is 0.266 e. The molecule has 4 heterocycles. The minimum absolute atomic E-state index is 0.0828. The van der Waals surface area contributed by atoms with Crippen LogP contribution in [0.25, 0.3) is 5.82 Å². The summed E-state index contributed by atoms with van der Waals surface area (Å²) in [6.45, 7) is 5.19. The number of piperidine rings is 1. The second-order valence-electron chi connectivity index (χ2n) is 7.76. The van der Waals surface area contributed by atoms with Gasteiger partial charge < -0.3 is 4.57 Å². The largest absolute Gasteiger partial charge is 0.334 e. The molecule has 30 heavy (non-hydrogen) atoms. The van der Waals surface area contributed by atoms with E-state index >= 15 is 0 Å². The van der Waals surface area contributed by atoms with Crippen molar-refractivity contribution in [1.82, 2.24) is 33.4 Å². The molecule has 0 atom stereocenters. The van der Waals surface area contributed by atoms with Crippen molar-refractivity contribution in [2.75, 3.05) is 13.1 Å². The second kappa shape index (κ2) is 8.15. The lowest BCUT2D eigenvalue weighted by Gasteiger charge is -2.30. The summed E-state index contributed by atoms with van der Waals surface area (Å²) < 4.78 is 32.1. The van der Waals surface area contributed by atoms with Crippen molar-refractivity contribution >= 4 is 10.0 Å². The standard InChI is InChI=1S/C19H25N7O3S/c1-15(2)23-13-18(20-14-23)30(28,29)24-10-6-16(7-11-24)12-26-19(27)5-4-17(22-26)25-9-3-8-21-25/h3-5,8-9,13-16H,6-7,10-12H2,1-2H3. The maximum atomic E-state index is 12.9. The Morgan fingerprint density at radius 2 is 1.97 bits per heavy atom. The van der Waals surface area contributed by atoms with E-state index in [0.717, 1.165) is 0 Å². The average Bonchev–Trinajstić information content (AvgIpc) is 3.43. The van der Waals surface area contributed by atoms with Crippen LogP contribution in [0.15, 0.2) is 52.9 Å². The van der Waals surface area contributed by atoms with Gasteiger partial charge in [0.15, 0.2) is 10.8 Å². The highest BCUT2D eigenvalue weighted by Crippen LogP contribution is 2.24. The highest BCUT2D eigenvalue weighted by molar-refractivity contribution is 7.89. The third-order valence-electron chi connectivity index (χ3n) is 5.37. The average molecular weight is 432 g/mol. The molecule has 4 rings (SSSR count). The predicted octanol–water partition coefficient (Wildman–Crippen LogP) is 1.31. The van der Waals surface area contributed by atoms with E-state index < -0.39 is 10.0 Å². The van der Waals surface area contributed by atoms with Crippen LogP contribution < -0.4 is 5.56 Å². The molecule has 0 aliphatic carbocycles. The molecule has 0 unspecified atom stereocenters. The zero-order valence-corrected chi connectivity index (χ0v) is 17.8. The van der Waals surface area contributed by atoms with Crippen LogP contribution >= 0.6 is 0 Å². The molecule has 0 amide bonds. The highest BCUT2D eigenvalue weighted by atomic mass is 32.2. The molecule has 1 aliphatic rings. The summed E-state index contributed by atoms with van der Waals surface area (Å²) in [6.07, 6.45) is 7.86. The first-order valence-electron chi connectivity index (χ1n) is 9.96. The summed E-state index contributed by atoms with van der Waals surface area (Å²) in [6, 6.07) is 5.05. The van der Waals surface area contributed by atoms with Crippen molar-refractivity contribution in [1.29, 1.82) is 0 Å². The fourth-order valence-electron chi connectivity index (χ4n) is 3.54. The monoisotopic (exact) mass is 431 g/mol. The molecule has 1 saturated heterocycles. The Labute approximate surface area is 174 Å². The van der Waals surface area contributed by atoms with Crippen molar-refractivity contribution in [3.8, 4) is 5.82 Å². The molecule has 1 aliphatic heterocycles. The lowest BCUT2D eigenvalue weighted by Crippen LogP contribution is -2.40. The Bertz CT molecular complexity index is 1160. The van der Waals surface area contributed by atoms with Crippen molar-refractivity contribution in [3.05, 3.63) is 53.5 Å². The molecule has 10 nitrogen and oxygen atoms in total. The normalized spacial score (nSPS) is 16.4. The first-order valence-corrected chi connectivity index (χ1v) is 11.4. The molecule has 0 bridgehead atoms. The Morgan fingerprint density at radius 3 is 2.60 bits per heavy atom. The lowest BCUT2D eigenvalue weighted by molar-refractivity contribution is 0.244. The smallest absolute Gasteiger partial charge is 0.266 e. The van der Waals surface area contributed by atoms with E-state index in [4.69, 9.17) is 0 Å². The number of hydrogen-bond donors (Lipinski definition) is 0. The summed E-state index contributed by atoms with van der Waals surface area (Å²) in [5.74, 6) is 0.739. The van der Waals surface area contributed by atoms with Gasteiger partial charge in [-0.15, -0.1) is 5.10 Å². The Balaban J connectivity index is 1.42. The van der Waals surface area contributed by atoms with Crippen LogP contribution in [0.2, 0.25) is 0 Å². The van der Waals surface area contributed by atoms with Gasteiger partial charge in [0.1, 0.15) is 0 Å². The quantitative estimate of drug-likeness (QED) is 0.582. The van der Waals surface area contributed by atoms with Crippen LogP contribution in [0.3, 0.4) is 0 Å². The van der Waals surface area contributed by atoms with Gasteiger partial charge in [-0.3, -0.25) is 4.79 Å². The van der Waals surface area contributed by atoms with E-state index in [2.05, 4.69) is 15.2 Å². The molecular formula is C19H25N7O3S. The number of rotatable bonds is 6. The first-order chi connectivity index (χ1) is 14.3. The second-order valence-corrected chi connectivity index (χ2v) is 9.65. The molecule has 11 heteroatoms. The van der Waals surface area contributed by atoms with Crippen LogP contribution in [0.4, 0.5) is 0 Å². The van der Waals surface area contributed by atoms with Gasteiger partial charge in [0.2, 0.25) is 0 Å². The van der Waals surface area contributed by atoms with E-state index in [0.29, 0.717) is 38.3 Å². The predicted molar refractivity (Wildman–Crippen MR) is 110 cm³/mol. The van der Waals surface area contributed by atoms with Crippen LogP contribution in [0.5, 0.6) is 0 Å². The minimum atomic E-state index is -3.61. The summed E-state index contributed by atoms with van der Waals surface area (Å²) in [5, 5.41) is 8.63. The fourth-order valence-corrected chi connectivity index (χ4v) is 4.93. The van der Waals surface area contributed by atoms with Crippen LogP contribution in [-0.2, 0) is 16.6 Å². The van der Waals surface area contributed by atoms with E-state index in [1.807, 2.05) is 13.8 Å². The summed E-state index contributed by atoms with van der Waals surface area (Å²) in [7, 11) is -3.61. The van der Waals surface area contributed by atoms with Crippen LogP contribution in [-0.4, -0.2) is 54.9 Å². The van der Waals surface area contributed by atoms with Gasteiger partial charge in [-0.2, -0.15) is 9.40 Å². The molecular weight excluding hydrogens is 406 g/mol. The van der Waals surface area contributed by atoms with Gasteiger partial charge in [0, 0.05) is 50.3 Å². The van der Waals surface area contributed by atoms with Gasteiger partial charge in [-0.05, 0) is 44.7 Å². The maximum absolute atomic E-state index is 12.9.